The molecule has 0 atom stereocenters. The molecule has 0 unspecified atom stereocenters. The van der Waals surface area contributed by atoms with Gasteiger partial charge in [-0.15, -0.1) is 0 Å². The first-order valence-electron chi connectivity index (χ1n) is 19.1. The Morgan fingerprint density at radius 1 is 0.333 bits per heavy atom. The van der Waals surface area contributed by atoms with E-state index in [9.17, 15) is 0 Å². The summed E-state index contributed by atoms with van der Waals surface area (Å²) in [5, 5.41) is 4.10. The van der Waals surface area contributed by atoms with E-state index in [1.165, 1.54) is 10.8 Å². The molecule has 9 rings (SSSR count). The normalized spacial score (nSPS) is 13.4. The van der Waals surface area contributed by atoms with Crippen LogP contribution in [0.25, 0.3) is 88.7 Å². The zero-order valence-electron chi connectivity index (χ0n) is 32.5. The first-order valence-corrected chi connectivity index (χ1v) is 15.6. The molecule has 224 valence electrons. The van der Waals surface area contributed by atoms with Gasteiger partial charge in [-0.2, -0.15) is 0 Å². The second kappa shape index (κ2) is 11.7. The lowest BCUT2D eigenvalue weighted by Crippen LogP contribution is -2.00. The quantitative estimate of drug-likeness (QED) is 0.193. The van der Waals surface area contributed by atoms with Gasteiger partial charge in [0.05, 0.1) is 9.60 Å². The summed E-state index contributed by atoms with van der Waals surface area (Å²) in [5.41, 5.74) is 5.42. The Hall–Kier alpha value is -6.45. The molecule has 0 radical (unpaired) electrons. The van der Waals surface area contributed by atoms with Crippen LogP contribution in [0.5, 0.6) is 0 Å². The van der Waals surface area contributed by atoms with Crippen molar-refractivity contribution in [2.45, 2.75) is 0 Å². The van der Waals surface area contributed by atoms with E-state index in [4.69, 9.17) is 24.5 Å². The zero-order valence-corrected chi connectivity index (χ0v) is 25.5. The summed E-state index contributed by atoms with van der Waals surface area (Å²) < 4.78 is 60.5. The SMILES string of the molecule is [2H]c1c([2H])c([2H])c2c(-c3nc(-c4cccc(-c5ccc(-c6cccc7ccccc67)cc5)c4)nc(-c4ccc5ccccc5c4)n3)c([2H])c([2H])c([2H])c2c1[2H]. The van der Waals surface area contributed by atoms with Crippen molar-refractivity contribution in [3.05, 3.63) is 176 Å². The van der Waals surface area contributed by atoms with E-state index in [1.807, 2.05) is 78.9 Å². The molecule has 0 bridgehead atoms. The molecular formula is C45H29N3. The Bertz CT molecular complexity index is 3010. The molecule has 0 saturated heterocycles. The molecule has 0 aliphatic rings. The van der Waals surface area contributed by atoms with Crippen LogP contribution in [0.2, 0.25) is 0 Å². The summed E-state index contributed by atoms with van der Waals surface area (Å²) in [7, 11) is 0. The topological polar surface area (TPSA) is 38.7 Å². The van der Waals surface area contributed by atoms with Crippen LogP contribution < -0.4 is 0 Å². The van der Waals surface area contributed by atoms with Crippen LogP contribution in [-0.4, -0.2) is 15.0 Å². The van der Waals surface area contributed by atoms with Crippen LogP contribution in [0.15, 0.2) is 176 Å². The number of nitrogens with zero attached hydrogens (tertiary/aromatic N) is 3. The van der Waals surface area contributed by atoms with Crippen molar-refractivity contribution in [2.24, 2.45) is 0 Å². The van der Waals surface area contributed by atoms with Crippen LogP contribution in [0.4, 0.5) is 0 Å². The Kier molecular flexibility index (Phi) is 5.22. The van der Waals surface area contributed by atoms with Gasteiger partial charge >= 0.3 is 0 Å². The maximum atomic E-state index is 9.01. The first kappa shape index (κ1) is 21.4. The van der Waals surface area contributed by atoms with E-state index in [0.29, 0.717) is 11.1 Å². The lowest BCUT2D eigenvalue weighted by Gasteiger charge is -2.12. The molecule has 0 fully saturated rings. The van der Waals surface area contributed by atoms with Gasteiger partial charge in [0.25, 0.3) is 0 Å². The van der Waals surface area contributed by atoms with Crippen molar-refractivity contribution in [1.29, 1.82) is 0 Å². The van der Waals surface area contributed by atoms with Crippen molar-refractivity contribution < 1.29 is 9.60 Å². The highest BCUT2D eigenvalue weighted by molar-refractivity contribution is 5.97. The van der Waals surface area contributed by atoms with Crippen LogP contribution in [0, 0.1) is 0 Å². The van der Waals surface area contributed by atoms with Crippen molar-refractivity contribution in [2.75, 3.05) is 0 Å². The minimum atomic E-state index is -0.524. The minimum absolute atomic E-state index is 0.0356. The summed E-state index contributed by atoms with van der Waals surface area (Å²) >= 11 is 0. The molecule has 3 nitrogen and oxygen atoms in total. The van der Waals surface area contributed by atoms with Gasteiger partial charge in [0.15, 0.2) is 17.5 Å². The van der Waals surface area contributed by atoms with Crippen LogP contribution >= 0.6 is 0 Å². The Labute approximate surface area is 288 Å². The summed E-state index contributed by atoms with van der Waals surface area (Å²) in [4.78, 5) is 14.6. The fraction of sp³-hybridized carbons (Fsp3) is 0. The summed E-state index contributed by atoms with van der Waals surface area (Å²) in [6.07, 6.45) is 0. The zero-order chi connectivity index (χ0) is 38.0. The highest BCUT2D eigenvalue weighted by Gasteiger charge is 2.15. The van der Waals surface area contributed by atoms with E-state index < -0.39 is 42.3 Å². The molecular weight excluding hydrogens is 583 g/mol. The van der Waals surface area contributed by atoms with Crippen molar-refractivity contribution in [3.63, 3.8) is 0 Å². The van der Waals surface area contributed by atoms with E-state index in [2.05, 4.69) is 54.6 Å². The minimum Gasteiger partial charge on any atom is -0.208 e. The highest BCUT2D eigenvalue weighted by atomic mass is 15.0. The van der Waals surface area contributed by atoms with Gasteiger partial charge in [0.2, 0.25) is 0 Å². The molecule has 9 aromatic rings. The fourth-order valence-corrected chi connectivity index (χ4v) is 6.21. The van der Waals surface area contributed by atoms with Gasteiger partial charge in [-0.3, -0.25) is 0 Å². The monoisotopic (exact) mass is 618 g/mol. The van der Waals surface area contributed by atoms with Crippen molar-refractivity contribution in [3.8, 4) is 56.4 Å². The second-order valence-corrected chi connectivity index (χ2v) is 11.6. The molecule has 3 heteroatoms. The van der Waals surface area contributed by atoms with Gasteiger partial charge in [0.1, 0.15) is 0 Å². The average molecular weight is 619 g/mol. The predicted octanol–water partition coefficient (Wildman–Crippen LogP) is 11.7. The van der Waals surface area contributed by atoms with Gasteiger partial charge in [-0.1, -0.05) is 164 Å². The fourth-order valence-electron chi connectivity index (χ4n) is 6.21. The molecule has 8 aromatic carbocycles. The van der Waals surface area contributed by atoms with Crippen LogP contribution in [0.1, 0.15) is 9.60 Å². The van der Waals surface area contributed by atoms with Gasteiger partial charge in [-0.25, -0.2) is 15.0 Å². The van der Waals surface area contributed by atoms with E-state index in [1.54, 1.807) is 0 Å². The maximum absolute atomic E-state index is 9.01. The second-order valence-electron chi connectivity index (χ2n) is 11.6. The third-order valence-electron chi connectivity index (χ3n) is 8.62. The Balaban J connectivity index is 1.23. The molecule has 0 N–H and O–H groups in total. The lowest BCUT2D eigenvalue weighted by atomic mass is 9.96. The molecule has 0 saturated carbocycles. The van der Waals surface area contributed by atoms with Crippen molar-refractivity contribution >= 4 is 32.3 Å². The Morgan fingerprint density at radius 3 is 1.83 bits per heavy atom. The van der Waals surface area contributed by atoms with Gasteiger partial charge < -0.3 is 0 Å². The molecule has 0 spiro atoms. The number of benzene rings is 8. The summed E-state index contributed by atoms with van der Waals surface area (Å²) in [5.74, 6) is 0.522. The molecule has 0 aliphatic carbocycles. The number of fused-ring (bicyclic) bond motifs is 3. The average Bonchev–Trinajstić information content (AvgIpc) is 3.23. The van der Waals surface area contributed by atoms with E-state index >= 15 is 0 Å². The molecule has 1 heterocycles. The molecule has 1 aromatic heterocycles. The van der Waals surface area contributed by atoms with E-state index in [0.717, 1.165) is 33.0 Å². The van der Waals surface area contributed by atoms with Gasteiger partial charge in [0, 0.05) is 16.7 Å². The molecule has 48 heavy (non-hydrogen) atoms. The summed E-state index contributed by atoms with van der Waals surface area (Å²) in [6, 6.07) is 41.2. The van der Waals surface area contributed by atoms with E-state index in [-0.39, 0.29) is 33.8 Å². The third kappa shape index (κ3) is 5.08. The third-order valence-corrected chi connectivity index (χ3v) is 8.62. The highest BCUT2D eigenvalue weighted by Crippen LogP contribution is 2.34. The number of hydrogen-bond donors (Lipinski definition) is 0. The Morgan fingerprint density at radius 2 is 0.958 bits per heavy atom. The molecule has 0 amide bonds. The number of hydrogen-bond acceptors (Lipinski definition) is 3. The standard InChI is InChI=1S/C45H29N3/c1-2-13-35-29-38(27-24-30(35)10-1)44-46-43(47-45(48-44)42-21-9-15-33-12-4-6-19-41(33)42)37-17-7-16-36(28-37)31-22-25-34(26-23-31)40-20-8-14-32-11-3-5-18-39(32)40/h1-29H/i4D,6D,9D,12D,15D,19D,21D. The largest absolute Gasteiger partial charge is 0.208 e. The van der Waals surface area contributed by atoms with Crippen LogP contribution in [0.3, 0.4) is 0 Å². The van der Waals surface area contributed by atoms with Crippen molar-refractivity contribution in [1.82, 2.24) is 15.0 Å². The first-order chi connectivity index (χ1) is 26.7. The number of rotatable bonds is 5. The molecule has 0 aliphatic heterocycles. The smallest absolute Gasteiger partial charge is 0.164 e. The lowest BCUT2D eigenvalue weighted by molar-refractivity contribution is 1.08. The summed E-state index contributed by atoms with van der Waals surface area (Å²) in [6.45, 7) is 0. The van der Waals surface area contributed by atoms with Crippen LogP contribution in [-0.2, 0) is 0 Å². The maximum Gasteiger partial charge on any atom is 0.164 e. The predicted molar refractivity (Wildman–Crippen MR) is 200 cm³/mol. The van der Waals surface area contributed by atoms with Gasteiger partial charge in [-0.05, 0) is 66.7 Å². The number of aromatic nitrogens is 3.